The van der Waals surface area contributed by atoms with E-state index in [0.29, 0.717) is 13.1 Å². The third-order valence-corrected chi connectivity index (χ3v) is 3.67. The van der Waals surface area contributed by atoms with Gasteiger partial charge >= 0.3 is 6.09 Å². The molecular formula is C17H21N3O2. The first-order valence-corrected chi connectivity index (χ1v) is 7.53. The van der Waals surface area contributed by atoms with Crippen LogP contribution in [0.15, 0.2) is 30.5 Å². The Bertz CT molecular complexity index is 725. The second kappa shape index (κ2) is 5.48. The normalized spacial score (nSPS) is 15.8. The van der Waals surface area contributed by atoms with Crippen LogP contribution in [-0.2, 0) is 4.74 Å². The minimum absolute atomic E-state index is 0.243. The third kappa shape index (κ3) is 3.13. The van der Waals surface area contributed by atoms with Crippen LogP contribution in [0.4, 0.5) is 4.79 Å². The number of fused-ring (bicyclic) bond motifs is 1. The fraction of sp³-hybridized carbons (Fsp3) is 0.412. The van der Waals surface area contributed by atoms with Gasteiger partial charge in [-0.15, -0.1) is 0 Å². The minimum Gasteiger partial charge on any atom is -0.444 e. The van der Waals surface area contributed by atoms with E-state index in [-0.39, 0.29) is 6.09 Å². The zero-order valence-electron chi connectivity index (χ0n) is 13.2. The number of ether oxygens (including phenoxy) is 1. The van der Waals surface area contributed by atoms with Crippen LogP contribution in [-0.4, -0.2) is 39.9 Å². The molecule has 1 aromatic carbocycles. The van der Waals surface area contributed by atoms with Crippen molar-refractivity contribution < 1.29 is 9.53 Å². The highest BCUT2D eigenvalue weighted by molar-refractivity contribution is 5.83. The molecule has 3 rings (SSSR count). The Morgan fingerprint density at radius 1 is 1.36 bits per heavy atom. The molecule has 0 aliphatic carbocycles. The highest BCUT2D eigenvalue weighted by atomic mass is 16.6. The lowest BCUT2D eigenvalue weighted by molar-refractivity contribution is 0.0270. The van der Waals surface area contributed by atoms with Crippen LogP contribution in [0.3, 0.4) is 0 Å². The number of amides is 1. The summed E-state index contributed by atoms with van der Waals surface area (Å²) in [6, 6.07) is 6.27. The van der Waals surface area contributed by atoms with Crippen molar-refractivity contribution in [1.82, 2.24) is 15.1 Å². The van der Waals surface area contributed by atoms with Gasteiger partial charge in [0.25, 0.3) is 0 Å². The van der Waals surface area contributed by atoms with Crippen LogP contribution < -0.4 is 0 Å². The predicted octanol–water partition coefficient (Wildman–Crippen LogP) is 3.59. The van der Waals surface area contributed by atoms with Gasteiger partial charge in [-0.3, -0.25) is 5.10 Å². The van der Waals surface area contributed by atoms with Gasteiger partial charge in [0, 0.05) is 18.5 Å². The number of hydrogen-bond donors (Lipinski definition) is 1. The highest BCUT2D eigenvalue weighted by Crippen LogP contribution is 2.25. The SMILES string of the molecule is CC(C)(C)OC(=O)N1CC=C(c2ccc3[nH]ncc3c2)CC1. The first-order chi connectivity index (χ1) is 10.4. The van der Waals surface area contributed by atoms with Crippen molar-refractivity contribution in [3.63, 3.8) is 0 Å². The number of benzene rings is 1. The number of H-pyrrole nitrogens is 1. The molecule has 5 heteroatoms. The van der Waals surface area contributed by atoms with Gasteiger partial charge in [-0.1, -0.05) is 12.1 Å². The molecule has 0 radical (unpaired) electrons. The van der Waals surface area contributed by atoms with E-state index >= 15 is 0 Å². The van der Waals surface area contributed by atoms with Gasteiger partial charge in [0.15, 0.2) is 0 Å². The van der Waals surface area contributed by atoms with Gasteiger partial charge in [0.05, 0.1) is 11.7 Å². The second-order valence-corrected chi connectivity index (χ2v) is 6.58. The molecule has 1 N–H and O–H groups in total. The van der Waals surface area contributed by atoms with Crippen molar-refractivity contribution in [3.8, 4) is 0 Å². The molecule has 1 aliphatic rings. The number of carbonyl (C=O) groups is 1. The number of nitrogens with zero attached hydrogens (tertiary/aromatic N) is 2. The zero-order valence-corrected chi connectivity index (χ0v) is 13.2. The largest absolute Gasteiger partial charge is 0.444 e. The summed E-state index contributed by atoms with van der Waals surface area (Å²) >= 11 is 0. The summed E-state index contributed by atoms with van der Waals surface area (Å²) in [5.41, 5.74) is 3.05. The van der Waals surface area contributed by atoms with E-state index in [1.807, 2.05) is 33.0 Å². The predicted molar refractivity (Wildman–Crippen MR) is 86.5 cm³/mol. The molecule has 22 heavy (non-hydrogen) atoms. The van der Waals surface area contributed by atoms with Crippen LogP contribution in [0.1, 0.15) is 32.8 Å². The lowest BCUT2D eigenvalue weighted by atomic mass is 9.98. The Morgan fingerprint density at radius 2 is 2.18 bits per heavy atom. The molecule has 0 fully saturated rings. The Kier molecular flexibility index (Phi) is 3.64. The van der Waals surface area contributed by atoms with E-state index in [2.05, 4.69) is 28.4 Å². The summed E-state index contributed by atoms with van der Waals surface area (Å²) in [5, 5.41) is 8.10. The van der Waals surface area contributed by atoms with E-state index < -0.39 is 5.60 Å². The zero-order chi connectivity index (χ0) is 15.7. The maximum absolute atomic E-state index is 12.1. The molecular weight excluding hydrogens is 278 g/mol. The van der Waals surface area contributed by atoms with Crippen LogP contribution in [0.2, 0.25) is 0 Å². The first kappa shape index (κ1) is 14.6. The number of rotatable bonds is 1. The molecule has 0 bridgehead atoms. The first-order valence-electron chi connectivity index (χ1n) is 7.53. The number of nitrogens with one attached hydrogen (secondary N) is 1. The molecule has 1 aromatic heterocycles. The lowest BCUT2D eigenvalue weighted by Crippen LogP contribution is -2.39. The maximum Gasteiger partial charge on any atom is 0.410 e. The van der Waals surface area contributed by atoms with E-state index in [1.54, 1.807) is 4.90 Å². The summed E-state index contributed by atoms with van der Waals surface area (Å²) in [7, 11) is 0. The van der Waals surface area contributed by atoms with Crippen molar-refractivity contribution >= 4 is 22.6 Å². The Labute approximate surface area is 129 Å². The Balaban J connectivity index is 1.72. The Hall–Kier alpha value is -2.30. The third-order valence-electron chi connectivity index (χ3n) is 3.67. The number of aromatic amines is 1. The number of aromatic nitrogens is 2. The molecule has 0 atom stereocenters. The van der Waals surface area contributed by atoms with E-state index in [4.69, 9.17) is 4.74 Å². The van der Waals surface area contributed by atoms with Gasteiger partial charge < -0.3 is 9.64 Å². The summed E-state index contributed by atoms with van der Waals surface area (Å²) < 4.78 is 5.41. The smallest absolute Gasteiger partial charge is 0.410 e. The summed E-state index contributed by atoms with van der Waals surface area (Å²) in [6.45, 7) is 6.93. The molecule has 0 spiro atoms. The Morgan fingerprint density at radius 3 is 2.86 bits per heavy atom. The summed E-state index contributed by atoms with van der Waals surface area (Å²) in [4.78, 5) is 13.8. The average molecular weight is 299 g/mol. The molecule has 2 aromatic rings. The lowest BCUT2D eigenvalue weighted by Gasteiger charge is -2.29. The van der Waals surface area contributed by atoms with Gasteiger partial charge in [-0.25, -0.2) is 4.79 Å². The summed E-state index contributed by atoms with van der Waals surface area (Å²) in [5.74, 6) is 0. The summed E-state index contributed by atoms with van der Waals surface area (Å²) in [6.07, 6.45) is 4.53. The number of carbonyl (C=O) groups excluding carboxylic acids is 1. The van der Waals surface area contributed by atoms with Crippen molar-refractivity contribution in [2.45, 2.75) is 32.8 Å². The number of hydrogen-bond acceptors (Lipinski definition) is 3. The molecule has 1 amide bonds. The maximum atomic E-state index is 12.1. The molecule has 0 saturated heterocycles. The van der Waals surface area contributed by atoms with Crippen molar-refractivity contribution in [2.75, 3.05) is 13.1 Å². The van der Waals surface area contributed by atoms with Crippen LogP contribution in [0.5, 0.6) is 0 Å². The molecule has 5 nitrogen and oxygen atoms in total. The fourth-order valence-corrected chi connectivity index (χ4v) is 2.57. The molecule has 2 heterocycles. The van der Waals surface area contributed by atoms with E-state index in [9.17, 15) is 4.79 Å². The molecule has 1 aliphatic heterocycles. The van der Waals surface area contributed by atoms with Gasteiger partial charge in [0.2, 0.25) is 0 Å². The van der Waals surface area contributed by atoms with Crippen molar-refractivity contribution in [2.24, 2.45) is 0 Å². The molecule has 116 valence electrons. The van der Waals surface area contributed by atoms with Crippen molar-refractivity contribution in [3.05, 3.63) is 36.0 Å². The second-order valence-electron chi connectivity index (χ2n) is 6.58. The standard InChI is InChI=1S/C17H21N3O2/c1-17(2,3)22-16(21)20-8-6-12(7-9-20)13-4-5-15-14(10-13)11-18-19-15/h4-6,10-11H,7-9H2,1-3H3,(H,18,19). The van der Waals surface area contributed by atoms with Gasteiger partial charge in [0.1, 0.15) is 5.60 Å². The minimum atomic E-state index is -0.451. The monoisotopic (exact) mass is 299 g/mol. The van der Waals surface area contributed by atoms with E-state index in [1.165, 1.54) is 11.1 Å². The van der Waals surface area contributed by atoms with Crippen LogP contribution in [0, 0.1) is 0 Å². The van der Waals surface area contributed by atoms with Crippen LogP contribution >= 0.6 is 0 Å². The fourth-order valence-electron chi connectivity index (χ4n) is 2.57. The molecule has 0 unspecified atom stereocenters. The topological polar surface area (TPSA) is 58.2 Å². The van der Waals surface area contributed by atoms with Gasteiger partial charge in [-0.2, -0.15) is 5.10 Å². The molecule has 0 saturated carbocycles. The average Bonchev–Trinajstić information content (AvgIpc) is 2.93. The highest BCUT2D eigenvalue weighted by Gasteiger charge is 2.23. The quantitative estimate of drug-likeness (QED) is 0.875. The van der Waals surface area contributed by atoms with Crippen molar-refractivity contribution in [1.29, 1.82) is 0 Å². The van der Waals surface area contributed by atoms with Gasteiger partial charge in [-0.05, 0) is 50.5 Å². The van der Waals surface area contributed by atoms with E-state index in [0.717, 1.165) is 17.3 Å². The van der Waals surface area contributed by atoms with Crippen LogP contribution in [0.25, 0.3) is 16.5 Å².